The Morgan fingerprint density at radius 3 is 2.57 bits per heavy atom. The van der Waals surface area contributed by atoms with E-state index in [4.69, 9.17) is 28.3 Å². The van der Waals surface area contributed by atoms with Gasteiger partial charge in [0, 0.05) is 68.7 Å². The number of benzene rings is 2. The largest absolute Gasteiger partial charge is 0.509 e. The van der Waals surface area contributed by atoms with Crippen molar-refractivity contribution < 1.29 is 24.9 Å². The molecule has 37 heavy (non-hydrogen) atoms. The van der Waals surface area contributed by atoms with Crippen LogP contribution < -0.4 is 20.0 Å². The molecule has 0 saturated heterocycles. The van der Waals surface area contributed by atoms with Crippen molar-refractivity contribution in [2.75, 3.05) is 49.6 Å². The third kappa shape index (κ3) is 7.57. The number of likely N-dealkylation sites (N-methyl/N-ethyl adjacent to an activating group) is 1. The van der Waals surface area contributed by atoms with Crippen molar-refractivity contribution in [3.63, 3.8) is 0 Å². The summed E-state index contributed by atoms with van der Waals surface area (Å²) in [6.45, 7) is 4.02. The Kier molecular flexibility index (Phi) is 9.76. The molecule has 0 aliphatic carbocycles. The van der Waals surface area contributed by atoms with E-state index in [-0.39, 0.29) is 17.8 Å². The van der Waals surface area contributed by atoms with Crippen LogP contribution in [0.3, 0.4) is 0 Å². The van der Waals surface area contributed by atoms with Crippen LogP contribution in [-0.2, 0) is 11.3 Å². The Labute approximate surface area is 222 Å². The highest BCUT2D eigenvalue weighted by Gasteiger charge is 2.28. The van der Waals surface area contributed by atoms with Crippen LogP contribution in [0.1, 0.15) is 18.9 Å². The minimum Gasteiger partial charge on any atom is -0.509 e. The smallest absolute Gasteiger partial charge is 0.214 e. The van der Waals surface area contributed by atoms with E-state index < -0.39 is 11.5 Å². The van der Waals surface area contributed by atoms with E-state index in [2.05, 4.69) is 4.90 Å². The molecule has 190 valence electrons. The van der Waals surface area contributed by atoms with Gasteiger partial charge in [-0.05, 0) is 43.2 Å². The van der Waals surface area contributed by atoms with Crippen LogP contribution in [0.15, 0.2) is 48.0 Å². The molecule has 1 aliphatic rings. The maximum absolute atomic E-state index is 11.7. The van der Waals surface area contributed by atoms with Crippen molar-refractivity contribution in [2.45, 2.75) is 31.4 Å². The van der Waals surface area contributed by atoms with Crippen molar-refractivity contribution in [2.24, 2.45) is 0 Å². The average Bonchev–Trinajstić information content (AvgIpc) is 2.87. The van der Waals surface area contributed by atoms with Gasteiger partial charge in [0.1, 0.15) is 40.6 Å². The number of ether oxygens (including phenoxy) is 1. The second-order valence-electron chi connectivity index (χ2n) is 9.50. The predicted octanol–water partition coefficient (Wildman–Crippen LogP) is 0.160. The molecule has 1 atom stereocenters. The van der Waals surface area contributed by atoms with Gasteiger partial charge in [-0.1, -0.05) is 17.6 Å². The first-order valence-corrected chi connectivity index (χ1v) is 12.1. The number of phenols is 1. The second-order valence-corrected chi connectivity index (χ2v) is 9.50. The van der Waals surface area contributed by atoms with Crippen molar-refractivity contribution >= 4 is 46.8 Å². The lowest BCUT2D eigenvalue weighted by Crippen LogP contribution is -2.40. The molecule has 2 aromatic carbocycles. The summed E-state index contributed by atoms with van der Waals surface area (Å²) in [4.78, 5) is 17.3. The van der Waals surface area contributed by atoms with E-state index in [0.717, 1.165) is 36.2 Å². The van der Waals surface area contributed by atoms with Gasteiger partial charge in [0.15, 0.2) is 0 Å². The van der Waals surface area contributed by atoms with Gasteiger partial charge in [0.2, 0.25) is 6.41 Å². The zero-order chi connectivity index (χ0) is 27.2. The number of anilines is 2. The molecule has 0 spiro atoms. The monoisotopic (exact) mass is 499 g/mol. The fraction of sp³-hybridized carbons (Fsp3) is 0.423. The zero-order valence-corrected chi connectivity index (χ0v) is 21.4. The molecule has 8 nitrogen and oxygen atoms in total. The van der Waals surface area contributed by atoms with Crippen LogP contribution in [0.5, 0.6) is 11.5 Å². The molecule has 1 heterocycles. The number of rotatable bonds is 12. The summed E-state index contributed by atoms with van der Waals surface area (Å²) < 4.78 is 5.73. The summed E-state index contributed by atoms with van der Waals surface area (Å²) >= 11 is 0. The summed E-state index contributed by atoms with van der Waals surface area (Å²) in [6.07, 6.45) is 3.46. The minimum atomic E-state index is -1.26. The summed E-state index contributed by atoms with van der Waals surface area (Å²) in [5.41, 5.74) is 2.04. The molecule has 6 radical (unpaired) electrons. The zero-order valence-electron chi connectivity index (χ0n) is 21.4. The summed E-state index contributed by atoms with van der Waals surface area (Å²) in [7, 11) is 19.1. The van der Waals surface area contributed by atoms with E-state index in [0.29, 0.717) is 37.6 Å². The van der Waals surface area contributed by atoms with Gasteiger partial charge in [-0.3, -0.25) is 9.69 Å². The SMILES string of the molecule is [B]c1cc(N(C=O)CCN(C)c2ccc(CN3CCC=C([C@](C)(O)CO)C3)c(OC([B])[B])c2)ccc1O. The molecular formula is C26H32B3N3O5. The molecule has 1 aliphatic heterocycles. The van der Waals surface area contributed by atoms with Gasteiger partial charge in [0.25, 0.3) is 0 Å². The van der Waals surface area contributed by atoms with Crippen molar-refractivity contribution in [1.82, 2.24) is 4.90 Å². The number of carbonyl (C=O) groups excluding carboxylic acids is 1. The number of phenolic OH excluding ortho intramolecular Hbond substituents is 1. The molecule has 2 aromatic rings. The number of carbonyl (C=O) groups is 1. The average molecular weight is 499 g/mol. The molecule has 3 rings (SSSR count). The van der Waals surface area contributed by atoms with E-state index >= 15 is 0 Å². The lowest BCUT2D eigenvalue weighted by molar-refractivity contribution is -0.107. The van der Waals surface area contributed by atoms with Gasteiger partial charge in [-0.2, -0.15) is 0 Å². The quantitative estimate of drug-likeness (QED) is 0.218. The Morgan fingerprint density at radius 2 is 1.92 bits per heavy atom. The third-order valence-electron chi connectivity index (χ3n) is 6.52. The van der Waals surface area contributed by atoms with E-state index in [9.17, 15) is 20.1 Å². The lowest BCUT2D eigenvalue weighted by Gasteiger charge is -2.34. The predicted molar refractivity (Wildman–Crippen MR) is 148 cm³/mol. The van der Waals surface area contributed by atoms with Crippen molar-refractivity contribution in [3.05, 3.63) is 53.6 Å². The number of hydrogen-bond acceptors (Lipinski definition) is 7. The highest BCUT2D eigenvalue weighted by molar-refractivity contribution is 6.35. The van der Waals surface area contributed by atoms with Crippen LogP contribution in [0, 0.1) is 0 Å². The van der Waals surface area contributed by atoms with E-state index in [1.54, 1.807) is 19.1 Å². The number of hydrogen-bond donors (Lipinski definition) is 3. The number of aliphatic hydroxyl groups is 2. The molecule has 0 bridgehead atoms. The molecular weight excluding hydrogens is 467 g/mol. The molecule has 0 fully saturated rings. The van der Waals surface area contributed by atoms with Crippen LogP contribution in [0.2, 0.25) is 0 Å². The molecule has 3 N–H and O–H groups in total. The van der Waals surface area contributed by atoms with E-state index in [1.807, 2.05) is 36.2 Å². The fourth-order valence-electron chi connectivity index (χ4n) is 4.19. The van der Waals surface area contributed by atoms with Gasteiger partial charge in [-0.15, -0.1) is 0 Å². The summed E-state index contributed by atoms with van der Waals surface area (Å²) in [5, 5.41) is 29.6. The molecule has 11 heteroatoms. The molecule has 0 aromatic heterocycles. The maximum atomic E-state index is 11.7. The van der Waals surface area contributed by atoms with Gasteiger partial charge >= 0.3 is 0 Å². The summed E-state index contributed by atoms with van der Waals surface area (Å²) in [6, 6.07) is 10.4. The number of aliphatic hydroxyl groups excluding tert-OH is 1. The first-order valence-electron chi connectivity index (χ1n) is 12.1. The Morgan fingerprint density at radius 1 is 1.19 bits per heavy atom. The fourth-order valence-corrected chi connectivity index (χ4v) is 4.19. The Balaban J connectivity index is 1.72. The van der Waals surface area contributed by atoms with Crippen molar-refractivity contribution in [1.29, 1.82) is 0 Å². The van der Waals surface area contributed by atoms with E-state index in [1.165, 1.54) is 11.0 Å². The number of nitrogens with zero attached hydrogens (tertiary/aromatic N) is 3. The summed E-state index contributed by atoms with van der Waals surface area (Å²) in [5.74, 6) is -0.493. The normalized spacial score (nSPS) is 15.6. The Hall–Kier alpha value is -2.88. The molecule has 0 unspecified atom stereocenters. The highest BCUT2D eigenvalue weighted by Crippen LogP contribution is 2.29. The lowest BCUT2D eigenvalue weighted by atomic mass is 9.82. The molecule has 1 amide bonds. The van der Waals surface area contributed by atoms with Crippen LogP contribution in [0.4, 0.5) is 11.4 Å². The van der Waals surface area contributed by atoms with Crippen molar-refractivity contribution in [3.8, 4) is 11.5 Å². The second kappa shape index (κ2) is 12.6. The highest BCUT2D eigenvalue weighted by atomic mass is 16.5. The van der Waals surface area contributed by atoms with Gasteiger partial charge in [0.05, 0.1) is 6.61 Å². The minimum absolute atomic E-state index is 0.0342. The third-order valence-corrected chi connectivity index (χ3v) is 6.52. The maximum Gasteiger partial charge on any atom is 0.214 e. The van der Waals surface area contributed by atoms with Crippen LogP contribution in [0.25, 0.3) is 0 Å². The Bertz CT molecular complexity index is 1110. The number of amides is 1. The first-order chi connectivity index (χ1) is 17.5. The van der Waals surface area contributed by atoms with Crippen LogP contribution in [-0.4, -0.2) is 102 Å². The van der Waals surface area contributed by atoms with Crippen LogP contribution >= 0.6 is 0 Å². The van der Waals surface area contributed by atoms with Gasteiger partial charge < -0.3 is 29.9 Å². The number of aromatic hydroxyl groups is 1. The molecule has 0 saturated carbocycles. The first kappa shape index (κ1) is 28.7. The topological polar surface area (TPSA) is 96.7 Å². The van der Waals surface area contributed by atoms with Gasteiger partial charge in [-0.25, -0.2) is 0 Å². The standard InChI is InChI=1S/C26H32B3N3O5/c1-26(36,16-33)19-4-3-9-31(15-19)14-18-5-6-20(13-24(18)37-25(28)29)30(2)10-11-32(17-34)21-7-8-23(35)22(27)12-21/h4-8,12-13,17,25,33,35-36H,3,9-11,14-16H2,1-2H3/t26-/m1/s1.